The van der Waals surface area contributed by atoms with Gasteiger partial charge in [0.2, 0.25) is 0 Å². The van der Waals surface area contributed by atoms with Crippen molar-refractivity contribution >= 4 is 15.9 Å². The van der Waals surface area contributed by atoms with Gasteiger partial charge in [0.15, 0.2) is 0 Å². The van der Waals surface area contributed by atoms with Gasteiger partial charge in [-0.15, -0.1) is 0 Å². The maximum Gasteiger partial charge on any atom is 0.0602 e. The number of hydrogen-bond acceptors (Lipinski definition) is 2. The molecule has 24 heavy (non-hydrogen) atoms. The Morgan fingerprint density at radius 1 is 0.958 bits per heavy atom. The third kappa shape index (κ3) is 2.40. The van der Waals surface area contributed by atoms with Gasteiger partial charge >= 0.3 is 0 Å². The van der Waals surface area contributed by atoms with E-state index in [9.17, 15) is 10.2 Å². The van der Waals surface area contributed by atoms with Gasteiger partial charge in [0.1, 0.15) is 0 Å². The molecule has 0 aliphatic heterocycles. The van der Waals surface area contributed by atoms with E-state index in [1.807, 2.05) is 0 Å². The quantitative estimate of drug-likeness (QED) is 0.657. The van der Waals surface area contributed by atoms with Crippen molar-refractivity contribution in [1.29, 1.82) is 0 Å². The van der Waals surface area contributed by atoms with Crippen LogP contribution in [0.15, 0.2) is 0 Å². The SMILES string of the molecule is C[C@]12C(CC[C@@H]1CCBr)C1CC[C@@H]3C[C@H](O)CC[C@]3(C)C1C[C@@H]2O. The number of alkyl halides is 1. The molecule has 4 rings (SSSR count). The van der Waals surface area contributed by atoms with Crippen molar-refractivity contribution in [3.63, 3.8) is 0 Å². The Bertz CT molecular complexity index is 482. The van der Waals surface area contributed by atoms with Gasteiger partial charge in [-0.2, -0.15) is 0 Å². The van der Waals surface area contributed by atoms with E-state index in [2.05, 4.69) is 29.8 Å². The van der Waals surface area contributed by atoms with Gasteiger partial charge in [-0.25, -0.2) is 0 Å². The van der Waals surface area contributed by atoms with E-state index < -0.39 is 0 Å². The zero-order chi connectivity index (χ0) is 17.1. The first kappa shape index (κ1) is 17.8. The second kappa shape index (κ2) is 6.23. The van der Waals surface area contributed by atoms with Crippen LogP contribution in [0.5, 0.6) is 0 Å². The van der Waals surface area contributed by atoms with Crippen molar-refractivity contribution < 1.29 is 10.2 Å². The molecule has 3 unspecified atom stereocenters. The summed E-state index contributed by atoms with van der Waals surface area (Å²) in [5, 5.41) is 22.5. The van der Waals surface area contributed by atoms with Crippen molar-refractivity contribution in [3.05, 3.63) is 0 Å². The van der Waals surface area contributed by atoms with Crippen LogP contribution in [0.2, 0.25) is 0 Å². The third-order valence-electron chi connectivity index (χ3n) is 9.39. The van der Waals surface area contributed by atoms with Gasteiger partial charge in [0.05, 0.1) is 12.2 Å². The lowest BCUT2D eigenvalue weighted by Gasteiger charge is -2.62. The second-order valence-corrected chi connectivity index (χ2v) is 10.7. The Labute approximate surface area is 155 Å². The minimum Gasteiger partial charge on any atom is -0.393 e. The van der Waals surface area contributed by atoms with E-state index in [0.717, 1.165) is 36.4 Å². The van der Waals surface area contributed by atoms with Crippen molar-refractivity contribution in [2.24, 2.45) is 40.4 Å². The first-order valence-electron chi connectivity index (χ1n) is 10.3. The number of aliphatic hydroxyl groups is 2. The number of hydrogen-bond donors (Lipinski definition) is 2. The van der Waals surface area contributed by atoms with E-state index in [1.165, 1.54) is 38.5 Å². The first-order valence-corrected chi connectivity index (χ1v) is 11.5. The average Bonchev–Trinajstić information content (AvgIpc) is 2.88. The van der Waals surface area contributed by atoms with Crippen LogP contribution in [-0.2, 0) is 0 Å². The Hall–Kier alpha value is 0.400. The molecule has 4 aliphatic carbocycles. The maximum atomic E-state index is 11.3. The molecule has 4 aliphatic rings. The fraction of sp³-hybridized carbons (Fsp3) is 1.00. The van der Waals surface area contributed by atoms with Gasteiger partial charge in [0, 0.05) is 5.33 Å². The largest absolute Gasteiger partial charge is 0.393 e. The van der Waals surface area contributed by atoms with Crippen LogP contribution in [0.3, 0.4) is 0 Å². The highest BCUT2D eigenvalue weighted by Gasteiger charge is 2.62. The molecule has 0 aromatic carbocycles. The van der Waals surface area contributed by atoms with Crippen molar-refractivity contribution in [2.75, 3.05) is 5.33 Å². The Morgan fingerprint density at radius 3 is 2.50 bits per heavy atom. The van der Waals surface area contributed by atoms with Crippen LogP contribution < -0.4 is 0 Å². The standard InChI is InChI=1S/C21H35BrO2/c1-20-9-7-15(23)11-14(20)3-5-16-17-6-4-13(8-10-22)21(17,2)19(24)12-18(16)20/h13-19,23-24H,3-12H2,1-2H3/t13-,14-,15-,16?,17?,18?,19+,20+,21-/m1/s1. The molecule has 3 heteroatoms. The Balaban J connectivity index is 1.63. The molecule has 9 atom stereocenters. The fourth-order valence-electron chi connectivity index (χ4n) is 7.92. The number of aliphatic hydroxyl groups excluding tert-OH is 2. The predicted molar refractivity (Wildman–Crippen MR) is 101 cm³/mol. The van der Waals surface area contributed by atoms with Crippen molar-refractivity contribution in [3.8, 4) is 0 Å². The molecular formula is C21H35BrO2. The highest BCUT2D eigenvalue weighted by Crippen LogP contribution is 2.67. The first-order chi connectivity index (χ1) is 11.4. The molecule has 0 bridgehead atoms. The molecule has 0 spiro atoms. The summed E-state index contributed by atoms with van der Waals surface area (Å²) in [6.07, 6.45) is 10.5. The average molecular weight is 399 g/mol. The van der Waals surface area contributed by atoms with Gasteiger partial charge in [-0.1, -0.05) is 29.8 Å². The molecule has 0 aromatic heterocycles. The predicted octanol–water partition coefficient (Wildman–Crippen LogP) is 4.76. The van der Waals surface area contributed by atoms with Crippen LogP contribution in [0.4, 0.5) is 0 Å². The lowest BCUT2D eigenvalue weighted by molar-refractivity contribution is -0.171. The van der Waals surface area contributed by atoms with Gasteiger partial charge in [0.25, 0.3) is 0 Å². The summed E-state index contributed by atoms with van der Waals surface area (Å²) < 4.78 is 0. The molecule has 0 heterocycles. The Morgan fingerprint density at radius 2 is 1.75 bits per heavy atom. The molecule has 0 amide bonds. The van der Waals surface area contributed by atoms with Crippen molar-refractivity contribution in [2.45, 2.75) is 83.8 Å². The smallest absolute Gasteiger partial charge is 0.0602 e. The van der Waals surface area contributed by atoms with E-state index in [4.69, 9.17) is 0 Å². The normalized spacial score (nSPS) is 57.1. The zero-order valence-electron chi connectivity index (χ0n) is 15.4. The number of halogens is 1. The van der Waals surface area contributed by atoms with E-state index in [0.29, 0.717) is 23.2 Å². The van der Waals surface area contributed by atoms with Gasteiger partial charge in [-0.3, -0.25) is 0 Å². The topological polar surface area (TPSA) is 40.5 Å². The molecule has 138 valence electrons. The molecule has 4 saturated carbocycles. The highest BCUT2D eigenvalue weighted by atomic mass is 79.9. The monoisotopic (exact) mass is 398 g/mol. The van der Waals surface area contributed by atoms with Gasteiger partial charge in [-0.05, 0) is 98.2 Å². The van der Waals surface area contributed by atoms with Crippen LogP contribution in [0, 0.1) is 40.4 Å². The molecule has 0 aromatic rings. The zero-order valence-corrected chi connectivity index (χ0v) is 17.0. The Kier molecular flexibility index (Phi) is 4.62. The molecule has 2 nitrogen and oxygen atoms in total. The van der Waals surface area contributed by atoms with Crippen LogP contribution in [-0.4, -0.2) is 27.8 Å². The fourth-order valence-corrected chi connectivity index (χ4v) is 8.48. The summed E-state index contributed by atoms with van der Waals surface area (Å²) in [6.45, 7) is 4.92. The minimum atomic E-state index is -0.127. The summed E-state index contributed by atoms with van der Waals surface area (Å²) in [5.41, 5.74) is 0.504. The van der Waals surface area contributed by atoms with Crippen LogP contribution in [0.25, 0.3) is 0 Å². The number of rotatable bonds is 2. The maximum absolute atomic E-state index is 11.3. The summed E-state index contributed by atoms with van der Waals surface area (Å²) in [4.78, 5) is 0. The summed E-state index contributed by atoms with van der Waals surface area (Å²) >= 11 is 3.64. The van der Waals surface area contributed by atoms with E-state index >= 15 is 0 Å². The lowest BCUT2D eigenvalue weighted by Crippen LogP contribution is -2.58. The molecule has 0 radical (unpaired) electrons. The number of fused-ring (bicyclic) bond motifs is 5. The second-order valence-electron chi connectivity index (χ2n) is 9.95. The van der Waals surface area contributed by atoms with E-state index in [-0.39, 0.29) is 17.6 Å². The lowest BCUT2D eigenvalue weighted by atomic mass is 9.44. The van der Waals surface area contributed by atoms with Crippen LogP contribution >= 0.6 is 15.9 Å². The molecular weight excluding hydrogens is 364 g/mol. The molecule has 0 saturated heterocycles. The van der Waals surface area contributed by atoms with Crippen molar-refractivity contribution in [1.82, 2.24) is 0 Å². The van der Waals surface area contributed by atoms with Crippen LogP contribution in [0.1, 0.15) is 71.6 Å². The summed E-state index contributed by atoms with van der Waals surface area (Å²) in [5.74, 6) is 3.59. The summed E-state index contributed by atoms with van der Waals surface area (Å²) in [6, 6.07) is 0. The molecule has 4 fully saturated rings. The summed E-state index contributed by atoms with van der Waals surface area (Å²) in [7, 11) is 0. The highest BCUT2D eigenvalue weighted by molar-refractivity contribution is 9.09. The minimum absolute atomic E-state index is 0.0757. The van der Waals surface area contributed by atoms with E-state index in [1.54, 1.807) is 0 Å². The van der Waals surface area contributed by atoms with Gasteiger partial charge < -0.3 is 10.2 Å². The molecule has 2 N–H and O–H groups in total. The third-order valence-corrected chi connectivity index (χ3v) is 9.85.